The minimum absolute atomic E-state index is 0.246. The Hall–Kier alpha value is -0.920. The van der Waals surface area contributed by atoms with Crippen LogP contribution in [0.25, 0.3) is 0 Å². The monoisotopic (exact) mass is 308 g/mol. The van der Waals surface area contributed by atoms with Gasteiger partial charge in [0.25, 0.3) is 10.1 Å². The van der Waals surface area contributed by atoms with E-state index in [1.54, 1.807) is 28.2 Å². The molecular formula is C10H17N2O5PS. The minimum Gasteiger partial charge on any atom is -0.422 e. The Morgan fingerprint density at radius 2 is 1.47 bits per heavy atom. The molecule has 0 spiro atoms. The van der Waals surface area contributed by atoms with E-state index in [0.717, 1.165) is 0 Å². The van der Waals surface area contributed by atoms with E-state index in [-0.39, 0.29) is 10.6 Å². The van der Waals surface area contributed by atoms with Crippen molar-refractivity contribution in [2.75, 3.05) is 28.2 Å². The van der Waals surface area contributed by atoms with Crippen LogP contribution >= 0.6 is 7.67 Å². The van der Waals surface area contributed by atoms with Crippen molar-refractivity contribution >= 4 is 17.8 Å². The second-order valence-electron chi connectivity index (χ2n) is 4.22. The quantitative estimate of drug-likeness (QED) is 0.652. The molecule has 1 rings (SSSR count). The molecule has 9 heteroatoms. The number of benzene rings is 1. The maximum absolute atomic E-state index is 12.5. The molecule has 0 saturated carbocycles. The number of hydrogen-bond donors (Lipinski definition) is 1. The van der Waals surface area contributed by atoms with Crippen LogP contribution in [0.5, 0.6) is 5.75 Å². The summed E-state index contributed by atoms with van der Waals surface area (Å²) in [6.45, 7) is 0. The van der Waals surface area contributed by atoms with Crippen molar-refractivity contribution in [1.29, 1.82) is 0 Å². The Morgan fingerprint density at radius 3 is 1.79 bits per heavy atom. The molecule has 0 bridgehead atoms. The maximum atomic E-state index is 12.5. The van der Waals surface area contributed by atoms with Gasteiger partial charge in [-0.05, 0) is 52.5 Å². The van der Waals surface area contributed by atoms with Gasteiger partial charge in [0.05, 0.1) is 4.90 Å². The molecule has 108 valence electrons. The van der Waals surface area contributed by atoms with Crippen molar-refractivity contribution in [3.8, 4) is 5.75 Å². The topological polar surface area (TPSA) is 87.1 Å². The number of rotatable bonds is 5. The summed E-state index contributed by atoms with van der Waals surface area (Å²) in [7, 11) is -0.954. The summed E-state index contributed by atoms with van der Waals surface area (Å²) in [5, 5.41) is 0. The molecule has 1 N–H and O–H groups in total. The van der Waals surface area contributed by atoms with Crippen molar-refractivity contribution in [3.63, 3.8) is 0 Å². The van der Waals surface area contributed by atoms with Gasteiger partial charge >= 0.3 is 7.67 Å². The Labute approximate surface area is 113 Å². The first-order chi connectivity index (χ1) is 8.57. The van der Waals surface area contributed by atoms with Crippen molar-refractivity contribution in [3.05, 3.63) is 24.3 Å². The predicted molar refractivity (Wildman–Crippen MR) is 71.9 cm³/mol. The van der Waals surface area contributed by atoms with E-state index < -0.39 is 17.8 Å². The molecule has 0 saturated heterocycles. The highest BCUT2D eigenvalue weighted by molar-refractivity contribution is 7.85. The van der Waals surface area contributed by atoms with Crippen LogP contribution in [0.2, 0.25) is 0 Å². The molecule has 7 nitrogen and oxygen atoms in total. The predicted octanol–water partition coefficient (Wildman–Crippen LogP) is 1.54. The fraction of sp³-hybridized carbons (Fsp3) is 0.400. The number of nitrogens with zero attached hydrogens (tertiary/aromatic N) is 2. The highest BCUT2D eigenvalue weighted by Crippen LogP contribution is 2.50. The van der Waals surface area contributed by atoms with E-state index in [2.05, 4.69) is 0 Å². The summed E-state index contributed by atoms with van der Waals surface area (Å²) in [6, 6.07) is 5.03. The van der Waals surface area contributed by atoms with E-state index in [4.69, 9.17) is 9.08 Å². The fourth-order valence-electron chi connectivity index (χ4n) is 1.33. The Bertz CT molecular complexity index is 570. The molecule has 0 fully saturated rings. The van der Waals surface area contributed by atoms with Crippen LogP contribution in [0.4, 0.5) is 0 Å². The molecule has 0 aliphatic heterocycles. The van der Waals surface area contributed by atoms with Crippen LogP contribution in [-0.2, 0) is 14.7 Å². The second-order valence-corrected chi connectivity index (χ2v) is 8.41. The SMILES string of the molecule is CN(C)P(=O)(Oc1ccc(S(=O)(=O)O)cc1)N(C)C. The highest BCUT2D eigenvalue weighted by Gasteiger charge is 2.31. The summed E-state index contributed by atoms with van der Waals surface area (Å²) >= 11 is 0. The Morgan fingerprint density at radius 1 is 1.05 bits per heavy atom. The lowest BCUT2D eigenvalue weighted by Gasteiger charge is -2.29. The van der Waals surface area contributed by atoms with Gasteiger partial charge in [0.1, 0.15) is 5.75 Å². The fourth-order valence-corrected chi connectivity index (χ4v) is 3.25. The lowest BCUT2D eigenvalue weighted by Crippen LogP contribution is -2.24. The average Bonchev–Trinajstić information content (AvgIpc) is 2.27. The Balaban J connectivity index is 3.04. The zero-order valence-electron chi connectivity index (χ0n) is 11.1. The number of hydrogen-bond acceptors (Lipinski definition) is 4. The molecular weight excluding hydrogens is 291 g/mol. The van der Waals surface area contributed by atoms with Gasteiger partial charge in [-0.15, -0.1) is 0 Å². The van der Waals surface area contributed by atoms with E-state index >= 15 is 0 Å². The zero-order chi connectivity index (χ0) is 14.8. The molecule has 0 unspecified atom stereocenters. The first-order valence-electron chi connectivity index (χ1n) is 5.30. The molecule has 0 aliphatic rings. The van der Waals surface area contributed by atoms with Gasteiger partial charge < -0.3 is 4.52 Å². The average molecular weight is 308 g/mol. The molecule has 0 radical (unpaired) electrons. The van der Waals surface area contributed by atoms with Crippen LogP contribution in [0, 0.1) is 0 Å². The van der Waals surface area contributed by atoms with E-state index in [1.165, 1.54) is 33.6 Å². The molecule has 0 amide bonds. The van der Waals surface area contributed by atoms with Gasteiger partial charge in [-0.2, -0.15) is 8.42 Å². The first-order valence-corrected chi connectivity index (χ1v) is 8.27. The van der Waals surface area contributed by atoms with Gasteiger partial charge in [-0.1, -0.05) is 0 Å². The van der Waals surface area contributed by atoms with Crippen LogP contribution in [0.3, 0.4) is 0 Å². The molecule has 0 heterocycles. The maximum Gasteiger partial charge on any atom is 0.394 e. The molecule has 0 aliphatic carbocycles. The van der Waals surface area contributed by atoms with Gasteiger partial charge in [0.2, 0.25) is 0 Å². The summed E-state index contributed by atoms with van der Waals surface area (Å²) in [5.41, 5.74) is 0. The van der Waals surface area contributed by atoms with Crippen molar-refractivity contribution in [2.24, 2.45) is 0 Å². The first kappa shape index (κ1) is 16.1. The summed E-state index contributed by atoms with van der Waals surface area (Å²) in [6.07, 6.45) is 0. The van der Waals surface area contributed by atoms with Crippen molar-refractivity contribution in [1.82, 2.24) is 9.34 Å². The largest absolute Gasteiger partial charge is 0.422 e. The van der Waals surface area contributed by atoms with E-state index in [1.807, 2.05) is 0 Å². The smallest absolute Gasteiger partial charge is 0.394 e. The van der Waals surface area contributed by atoms with E-state index in [9.17, 15) is 13.0 Å². The minimum atomic E-state index is -4.24. The van der Waals surface area contributed by atoms with E-state index in [0.29, 0.717) is 0 Å². The van der Waals surface area contributed by atoms with Crippen LogP contribution < -0.4 is 4.52 Å². The van der Waals surface area contributed by atoms with Crippen molar-refractivity contribution < 1.29 is 22.1 Å². The Kier molecular flexibility index (Phi) is 4.76. The molecule has 1 aromatic rings. The molecule has 19 heavy (non-hydrogen) atoms. The lowest BCUT2D eigenvalue weighted by molar-refractivity contribution is 0.354. The molecule has 0 aromatic heterocycles. The highest BCUT2D eigenvalue weighted by atomic mass is 32.2. The van der Waals surface area contributed by atoms with Crippen molar-refractivity contribution in [2.45, 2.75) is 4.90 Å². The summed E-state index contributed by atoms with van der Waals surface area (Å²) < 4.78 is 51.5. The van der Waals surface area contributed by atoms with Gasteiger partial charge in [0.15, 0.2) is 0 Å². The van der Waals surface area contributed by atoms with Gasteiger partial charge in [-0.25, -0.2) is 13.9 Å². The summed E-state index contributed by atoms with van der Waals surface area (Å²) in [5.74, 6) is 0.248. The zero-order valence-corrected chi connectivity index (χ0v) is 12.9. The van der Waals surface area contributed by atoms with Crippen LogP contribution in [0.1, 0.15) is 0 Å². The molecule has 1 aromatic carbocycles. The van der Waals surface area contributed by atoms with Crippen LogP contribution in [-0.4, -0.2) is 50.5 Å². The van der Waals surface area contributed by atoms with Gasteiger partial charge in [-0.3, -0.25) is 4.55 Å². The third-order valence-corrected chi connectivity index (χ3v) is 5.70. The summed E-state index contributed by atoms with van der Waals surface area (Å²) in [4.78, 5) is -0.246. The van der Waals surface area contributed by atoms with Gasteiger partial charge in [0, 0.05) is 0 Å². The molecule has 0 atom stereocenters. The standard InChI is InChI=1S/C10H17N2O5PS/c1-11(2)18(13,12(3)4)17-9-5-7-10(8-6-9)19(14,15)16/h5-8H,1-4H3,(H,14,15,16). The second kappa shape index (κ2) is 5.60. The normalized spacial score (nSPS) is 13.0. The third-order valence-electron chi connectivity index (χ3n) is 2.36. The van der Waals surface area contributed by atoms with Crippen LogP contribution in [0.15, 0.2) is 29.2 Å². The third kappa shape index (κ3) is 3.77. The lowest BCUT2D eigenvalue weighted by atomic mass is 10.3.